The molecular weight excluding hydrogens is 288 g/mol. The van der Waals surface area contributed by atoms with E-state index in [-0.39, 0.29) is 5.92 Å². The molecule has 0 spiro atoms. The number of nitrogens with one attached hydrogen (secondary N) is 1. The van der Waals surface area contributed by atoms with Gasteiger partial charge in [-0.3, -0.25) is 4.79 Å². The summed E-state index contributed by atoms with van der Waals surface area (Å²) in [5, 5.41) is 9.86. The lowest BCUT2D eigenvalue weighted by Crippen LogP contribution is -2.26. The number of carbonyl (C=O) groups is 1. The Hall–Kier alpha value is -2.10. The van der Waals surface area contributed by atoms with Crippen LogP contribution in [0.15, 0.2) is 30.3 Å². The van der Waals surface area contributed by atoms with Gasteiger partial charge < -0.3 is 10.1 Å². The first-order valence-corrected chi connectivity index (χ1v) is 8.50. The fourth-order valence-electron chi connectivity index (χ4n) is 3.86. The summed E-state index contributed by atoms with van der Waals surface area (Å²) in [7, 11) is 0. The molecule has 2 saturated carbocycles. The molecule has 4 nitrogen and oxygen atoms in total. The highest BCUT2D eigenvalue weighted by Crippen LogP contribution is 2.54. The van der Waals surface area contributed by atoms with E-state index >= 15 is 0 Å². The quantitative estimate of drug-likeness (QED) is 0.848. The lowest BCUT2D eigenvalue weighted by atomic mass is 9.83. The van der Waals surface area contributed by atoms with Gasteiger partial charge in [-0.2, -0.15) is 0 Å². The maximum atomic E-state index is 12.0. The maximum Gasteiger partial charge on any atom is 0.314 e. The number of nitrogens with zero attached hydrogens (tertiary/aromatic N) is 1. The number of aromatic nitrogens is 2. The van der Waals surface area contributed by atoms with Gasteiger partial charge in [0.25, 0.3) is 0 Å². The summed E-state index contributed by atoms with van der Waals surface area (Å²) in [4.78, 5) is 20.0. The molecule has 1 heterocycles. The van der Waals surface area contributed by atoms with Gasteiger partial charge in [0, 0.05) is 11.3 Å². The summed E-state index contributed by atoms with van der Waals surface area (Å²) in [6.07, 6.45) is 4.71. The smallest absolute Gasteiger partial charge is 0.314 e. The third-order valence-electron chi connectivity index (χ3n) is 5.23. The number of aliphatic carboxylic acids is 1. The fourth-order valence-corrected chi connectivity index (χ4v) is 3.86. The minimum absolute atomic E-state index is 0.252. The third kappa shape index (κ3) is 2.78. The molecule has 0 bridgehead atoms. The Morgan fingerprint density at radius 2 is 1.78 bits per heavy atom. The van der Waals surface area contributed by atoms with E-state index in [1.54, 1.807) is 0 Å². The molecule has 1 aromatic carbocycles. The number of carboxylic acids is 1. The van der Waals surface area contributed by atoms with E-state index in [0.717, 1.165) is 17.0 Å². The molecule has 4 heteroatoms. The fraction of sp³-hybridized carbons (Fsp3) is 0.474. The van der Waals surface area contributed by atoms with Gasteiger partial charge in [0.15, 0.2) is 0 Å². The van der Waals surface area contributed by atoms with Gasteiger partial charge in [-0.15, -0.1) is 0 Å². The molecular formula is C19H22N2O2. The molecule has 120 valence electrons. The summed E-state index contributed by atoms with van der Waals surface area (Å²) in [5.74, 6) is 0.816. The number of carboxylic acid groups (broad SMARTS) is 1. The molecule has 0 saturated heterocycles. The van der Waals surface area contributed by atoms with Gasteiger partial charge in [0.1, 0.15) is 11.7 Å². The summed E-state index contributed by atoms with van der Waals surface area (Å²) < 4.78 is 0. The van der Waals surface area contributed by atoms with Crippen molar-refractivity contribution < 1.29 is 9.90 Å². The highest BCUT2D eigenvalue weighted by atomic mass is 16.4. The average molecular weight is 310 g/mol. The second-order valence-electron chi connectivity index (χ2n) is 7.03. The van der Waals surface area contributed by atoms with Gasteiger partial charge in [-0.25, -0.2) is 4.98 Å². The number of hydrogen-bond donors (Lipinski definition) is 2. The second kappa shape index (κ2) is 5.52. The lowest BCUT2D eigenvalue weighted by Gasteiger charge is -2.22. The Bertz CT molecular complexity index is 702. The molecule has 1 aromatic heterocycles. The molecule has 0 amide bonds. The van der Waals surface area contributed by atoms with E-state index in [2.05, 4.69) is 4.98 Å². The van der Waals surface area contributed by atoms with E-state index in [0.29, 0.717) is 17.7 Å². The first kappa shape index (κ1) is 14.5. The zero-order chi connectivity index (χ0) is 16.0. The molecule has 2 N–H and O–H groups in total. The average Bonchev–Trinajstić information content (AvgIpc) is 3.44. The summed E-state index contributed by atoms with van der Waals surface area (Å²) in [5.41, 5.74) is 2.85. The van der Waals surface area contributed by atoms with Crippen molar-refractivity contribution >= 4 is 5.97 Å². The van der Waals surface area contributed by atoms with Gasteiger partial charge >= 0.3 is 5.97 Å². The van der Waals surface area contributed by atoms with Crippen molar-refractivity contribution in [2.45, 2.75) is 38.5 Å². The molecule has 1 unspecified atom stereocenters. The van der Waals surface area contributed by atoms with Crippen LogP contribution in [0.25, 0.3) is 11.3 Å². The van der Waals surface area contributed by atoms with Crippen molar-refractivity contribution in [2.75, 3.05) is 0 Å². The van der Waals surface area contributed by atoms with Gasteiger partial charge in [0.2, 0.25) is 0 Å². The number of H-pyrrole nitrogens is 1. The number of aryl methyl sites for hydroxylation is 1. The monoisotopic (exact) mass is 310 g/mol. The molecule has 2 fully saturated rings. The van der Waals surface area contributed by atoms with Crippen molar-refractivity contribution in [1.82, 2.24) is 9.97 Å². The number of hydrogen-bond acceptors (Lipinski definition) is 2. The highest BCUT2D eigenvalue weighted by molar-refractivity contribution is 5.76. The van der Waals surface area contributed by atoms with Crippen LogP contribution in [0.3, 0.4) is 0 Å². The predicted octanol–water partition coefficient (Wildman–Crippen LogP) is 3.99. The van der Waals surface area contributed by atoms with Crippen molar-refractivity contribution in [3.63, 3.8) is 0 Å². The Labute approximate surface area is 136 Å². The van der Waals surface area contributed by atoms with Crippen molar-refractivity contribution in [1.29, 1.82) is 0 Å². The van der Waals surface area contributed by atoms with E-state index in [1.807, 2.05) is 37.3 Å². The van der Waals surface area contributed by atoms with E-state index in [4.69, 9.17) is 4.98 Å². The summed E-state index contributed by atoms with van der Waals surface area (Å²) >= 11 is 0. The molecule has 0 radical (unpaired) electrons. The zero-order valence-electron chi connectivity index (χ0n) is 13.3. The Morgan fingerprint density at radius 1 is 1.17 bits per heavy atom. The van der Waals surface area contributed by atoms with E-state index in [1.165, 1.54) is 25.7 Å². The van der Waals surface area contributed by atoms with Crippen molar-refractivity contribution in [3.8, 4) is 11.3 Å². The zero-order valence-corrected chi connectivity index (χ0v) is 13.3. The Balaban J connectivity index is 1.71. The highest BCUT2D eigenvalue weighted by Gasteiger charge is 2.49. The molecule has 0 aliphatic heterocycles. The number of aromatic amines is 1. The normalized spacial score (nSPS) is 19.0. The molecule has 2 aliphatic rings. The number of benzene rings is 1. The van der Waals surface area contributed by atoms with Crippen molar-refractivity contribution in [2.24, 2.45) is 17.8 Å². The van der Waals surface area contributed by atoms with Crippen LogP contribution in [-0.2, 0) is 4.79 Å². The van der Waals surface area contributed by atoms with Crippen LogP contribution in [0.1, 0.15) is 43.1 Å². The molecule has 1 atom stereocenters. The van der Waals surface area contributed by atoms with Gasteiger partial charge in [-0.05, 0) is 50.4 Å². The van der Waals surface area contributed by atoms with Crippen molar-refractivity contribution in [3.05, 3.63) is 41.9 Å². The standard InChI is InChI=1S/C19H22N2O2/c1-11-17(14-5-3-2-4-6-14)21-18(20-11)16(19(22)23)15(12-7-8-12)13-9-10-13/h2-6,12-13,15-16H,7-10H2,1H3,(H,20,21)(H,22,23). The summed E-state index contributed by atoms with van der Waals surface area (Å²) in [6.45, 7) is 1.97. The minimum atomic E-state index is -0.734. The van der Waals surface area contributed by atoms with E-state index in [9.17, 15) is 9.90 Å². The number of imidazole rings is 1. The first-order valence-electron chi connectivity index (χ1n) is 8.50. The topological polar surface area (TPSA) is 66.0 Å². The third-order valence-corrected chi connectivity index (χ3v) is 5.23. The van der Waals surface area contributed by atoms with Crippen LogP contribution in [0.2, 0.25) is 0 Å². The lowest BCUT2D eigenvalue weighted by molar-refractivity contribution is -0.141. The Kier molecular flexibility index (Phi) is 3.47. The predicted molar refractivity (Wildman–Crippen MR) is 88.1 cm³/mol. The molecule has 4 rings (SSSR count). The summed E-state index contributed by atoms with van der Waals surface area (Å²) in [6, 6.07) is 9.97. The van der Waals surface area contributed by atoms with Gasteiger partial charge in [-0.1, -0.05) is 30.3 Å². The minimum Gasteiger partial charge on any atom is -0.481 e. The van der Waals surface area contributed by atoms with Crippen LogP contribution in [-0.4, -0.2) is 21.0 Å². The van der Waals surface area contributed by atoms with Crippen LogP contribution < -0.4 is 0 Å². The molecule has 23 heavy (non-hydrogen) atoms. The first-order chi connectivity index (χ1) is 11.1. The Morgan fingerprint density at radius 3 is 2.30 bits per heavy atom. The molecule has 2 aromatic rings. The van der Waals surface area contributed by atoms with E-state index < -0.39 is 11.9 Å². The largest absolute Gasteiger partial charge is 0.481 e. The maximum absolute atomic E-state index is 12.0. The second-order valence-corrected chi connectivity index (χ2v) is 7.03. The van der Waals surface area contributed by atoms with Crippen LogP contribution >= 0.6 is 0 Å². The van der Waals surface area contributed by atoms with Crippen LogP contribution in [0, 0.1) is 24.7 Å². The van der Waals surface area contributed by atoms with Gasteiger partial charge in [0.05, 0.1) is 5.69 Å². The molecule has 2 aliphatic carbocycles. The van der Waals surface area contributed by atoms with Crippen LogP contribution in [0.4, 0.5) is 0 Å². The van der Waals surface area contributed by atoms with Crippen LogP contribution in [0.5, 0.6) is 0 Å². The number of rotatable bonds is 6. The SMILES string of the molecule is Cc1[nH]c(C(C(=O)O)C(C2CC2)C2CC2)nc1-c1ccccc1.